The van der Waals surface area contributed by atoms with E-state index < -0.39 is 0 Å². The number of halogens is 1. The Hall–Kier alpha value is -1.22. The van der Waals surface area contributed by atoms with E-state index in [1.165, 1.54) is 12.1 Å². The number of aryl methyl sites for hydroxylation is 1. The van der Waals surface area contributed by atoms with Crippen molar-refractivity contribution in [3.05, 3.63) is 35.1 Å². The van der Waals surface area contributed by atoms with E-state index in [1.54, 1.807) is 13.0 Å². The standard InChI is InChI=1S/C14H20FNO/c1-10-7-11(9-12(15)8-10)13(17)5-6-16-14(2,3)4/h7-9,16H,5-6H2,1-4H3. The molecule has 0 unspecified atom stereocenters. The number of carbonyl (C=O) groups is 1. The molecule has 1 rings (SSSR count). The normalized spacial score (nSPS) is 11.6. The van der Waals surface area contributed by atoms with Crippen LogP contribution in [0.3, 0.4) is 0 Å². The third-order valence-corrected chi connectivity index (χ3v) is 2.37. The Morgan fingerprint density at radius 1 is 1.29 bits per heavy atom. The SMILES string of the molecule is Cc1cc(F)cc(C(=O)CCNC(C)(C)C)c1. The molecular formula is C14H20FNO. The summed E-state index contributed by atoms with van der Waals surface area (Å²) in [6, 6.07) is 4.44. The summed E-state index contributed by atoms with van der Waals surface area (Å²) >= 11 is 0. The molecule has 0 radical (unpaired) electrons. The van der Waals surface area contributed by atoms with Crippen molar-refractivity contribution in [3.8, 4) is 0 Å². The molecule has 0 fully saturated rings. The molecule has 0 saturated carbocycles. The number of hydrogen-bond acceptors (Lipinski definition) is 2. The van der Waals surface area contributed by atoms with Gasteiger partial charge >= 0.3 is 0 Å². The van der Waals surface area contributed by atoms with Crippen LogP contribution in [0, 0.1) is 12.7 Å². The number of nitrogens with one attached hydrogen (secondary N) is 1. The zero-order chi connectivity index (χ0) is 13.1. The molecule has 0 aliphatic rings. The van der Waals surface area contributed by atoms with E-state index in [-0.39, 0.29) is 17.1 Å². The Balaban J connectivity index is 2.58. The fourth-order valence-corrected chi connectivity index (χ4v) is 1.59. The zero-order valence-corrected chi connectivity index (χ0v) is 10.9. The molecule has 3 heteroatoms. The maximum atomic E-state index is 13.1. The third kappa shape index (κ3) is 5.09. The highest BCUT2D eigenvalue weighted by Gasteiger charge is 2.11. The van der Waals surface area contributed by atoms with E-state index >= 15 is 0 Å². The molecule has 1 N–H and O–H groups in total. The molecular weight excluding hydrogens is 217 g/mol. The molecule has 0 heterocycles. The molecule has 0 aliphatic heterocycles. The van der Waals surface area contributed by atoms with Gasteiger partial charge < -0.3 is 5.32 Å². The lowest BCUT2D eigenvalue weighted by Gasteiger charge is -2.20. The molecule has 0 saturated heterocycles. The van der Waals surface area contributed by atoms with E-state index in [0.29, 0.717) is 18.5 Å². The second kappa shape index (κ2) is 5.41. The van der Waals surface area contributed by atoms with Crippen LogP contribution < -0.4 is 5.32 Å². The third-order valence-electron chi connectivity index (χ3n) is 2.37. The Morgan fingerprint density at radius 2 is 1.94 bits per heavy atom. The van der Waals surface area contributed by atoms with Crippen molar-refractivity contribution in [3.63, 3.8) is 0 Å². The minimum Gasteiger partial charge on any atom is -0.312 e. The second-order valence-corrected chi connectivity index (χ2v) is 5.37. The van der Waals surface area contributed by atoms with Gasteiger partial charge in [-0.3, -0.25) is 4.79 Å². The quantitative estimate of drug-likeness (QED) is 0.815. The van der Waals surface area contributed by atoms with Gasteiger partial charge in [0.25, 0.3) is 0 Å². The van der Waals surface area contributed by atoms with Crippen molar-refractivity contribution < 1.29 is 9.18 Å². The molecule has 0 atom stereocenters. The van der Waals surface area contributed by atoms with E-state index in [0.717, 1.165) is 5.56 Å². The summed E-state index contributed by atoms with van der Waals surface area (Å²) < 4.78 is 13.1. The Labute approximate surface area is 102 Å². The van der Waals surface area contributed by atoms with Crippen LogP contribution in [0.5, 0.6) is 0 Å². The highest BCUT2D eigenvalue weighted by molar-refractivity contribution is 5.96. The number of benzene rings is 1. The van der Waals surface area contributed by atoms with Crippen molar-refractivity contribution in [2.75, 3.05) is 6.54 Å². The summed E-state index contributed by atoms with van der Waals surface area (Å²) in [6.07, 6.45) is 0.389. The molecule has 2 nitrogen and oxygen atoms in total. The lowest BCUT2D eigenvalue weighted by atomic mass is 10.0. The summed E-state index contributed by atoms with van der Waals surface area (Å²) in [7, 11) is 0. The molecule has 1 aromatic carbocycles. The number of hydrogen-bond donors (Lipinski definition) is 1. The first kappa shape index (κ1) is 13.8. The average molecular weight is 237 g/mol. The van der Waals surface area contributed by atoms with Gasteiger partial charge in [-0.2, -0.15) is 0 Å². The highest BCUT2D eigenvalue weighted by Crippen LogP contribution is 2.10. The summed E-state index contributed by atoms with van der Waals surface area (Å²) in [6.45, 7) is 8.53. The van der Waals surface area contributed by atoms with Gasteiger partial charge in [0, 0.05) is 24.1 Å². The number of carbonyl (C=O) groups excluding carboxylic acids is 1. The second-order valence-electron chi connectivity index (χ2n) is 5.37. The van der Waals surface area contributed by atoms with Crippen LogP contribution in [-0.4, -0.2) is 17.9 Å². The van der Waals surface area contributed by atoms with Gasteiger partial charge in [-0.15, -0.1) is 0 Å². The predicted octanol–water partition coefficient (Wildman–Crippen LogP) is 3.10. The lowest BCUT2D eigenvalue weighted by molar-refractivity contribution is 0.0980. The summed E-state index contributed by atoms with van der Waals surface area (Å²) in [5, 5.41) is 3.24. The fourth-order valence-electron chi connectivity index (χ4n) is 1.59. The van der Waals surface area contributed by atoms with Gasteiger partial charge in [0.15, 0.2) is 5.78 Å². The van der Waals surface area contributed by atoms with Crippen molar-refractivity contribution in [1.29, 1.82) is 0 Å². The maximum Gasteiger partial charge on any atom is 0.164 e. The van der Waals surface area contributed by atoms with Gasteiger partial charge in [0.1, 0.15) is 5.82 Å². The number of Topliss-reactive ketones (excluding diaryl/α,β-unsaturated/α-hetero) is 1. The fraction of sp³-hybridized carbons (Fsp3) is 0.500. The van der Waals surface area contributed by atoms with Crippen molar-refractivity contribution in [2.24, 2.45) is 0 Å². The maximum absolute atomic E-state index is 13.1. The predicted molar refractivity (Wildman–Crippen MR) is 67.8 cm³/mol. The monoisotopic (exact) mass is 237 g/mol. The first-order valence-electron chi connectivity index (χ1n) is 5.83. The molecule has 0 amide bonds. The van der Waals surface area contributed by atoms with Crippen LogP contribution in [0.15, 0.2) is 18.2 Å². The smallest absolute Gasteiger partial charge is 0.164 e. The molecule has 1 aromatic rings. The first-order valence-corrected chi connectivity index (χ1v) is 5.83. The van der Waals surface area contributed by atoms with Gasteiger partial charge in [0.2, 0.25) is 0 Å². The average Bonchev–Trinajstić information content (AvgIpc) is 2.13. The van der Waals surface area contributed by atoms with E-state index in [9.17, 15) is 9.18 Å². The minimum absolute atomic E-state index is 0.00185. The Kier molecular flexibility index (Phi) is 4.40. The lowest BCUT2D eigenvalue weighted by Crippen LogP contribution is -2.37. The number of rotatable bonds is 4. The highest BCUT2D eigenvalue weighted by atomic mass is 19.1. The van der Waals surface area contributed by atoms with Crippen LogP contribution in [0.4, 0.5) is 4.39 Å². The van der Waals surface area contributed by atoms with Gasteiger partial charge in [0.05, 0.1) is 0 Å². The molecule has 0 bridgehead atoms. The van der Waals surface area contributed by atoms with Crippen molar-refractivity contribution in [1.82, 2.24) is 5.32 Å². The van der Waals surface area contributed by atoms with Crippen LogP contribution in [0.2, 0.25) is 0 Å². The van der Waals surface area contributed by atoms with Gasteiger partial charge in [-0.25, -0.2) is 4.39 Å². The molecule has 17 heavy (non-hydrogen) atoms. The van der Waals surface area contributed by atoms with Crippen molar-refractivity contribution in [2.45, 2.75) is 39.7 Å². The topological polar surface area (TPSA) is 29.1 Å². The Morgan fingerprint density at radius 3 is 2.47 bits per heavy atom. The van der Waals surface area contributed by atoms with E-state index in [2.05, 4.69) is 5.32 Å². The van der Waals surface area contributed by atoms with Crippen LogP contribution in [0.25, 0.3) is 0 Å². The molecule has 0 aliphatic carbocycles. The van der Waals surface area contributed by atoms with E-state index in [1.807, 2.05) is 20.8 Å². The Bertz CT molecular complexity index is 387. The molecule has 94 valence electrons. The minimum atomic E-state index is -0.350. The first-order chi connectivity index (χ1) is 7.78. The zero-order valence-electron chi connectivity index (χ0n) is 10.9. The van der Waals surface area contributed by atoms with E-state index in [4.69, 9.17) is 0 Å². The summed E-state index contributed by atoms with van der Waals surface area (Å²) in [5.74, 6) is -0.374. The number of ketones is 1. The van der Waals surface area contributed by atoms with Crippen LogP contribution >= 0.6 is 0 Å². The van der Waals surface area contributed by atoms with Gasteiger partial charge in [-0.1, -0.05) is 0 Å². The van der Waals surface area contributed by atoms with Gasteiger partial charge in [-0.05, 0) is 51.5 Å². The van der Waals surface area contributed by atoms with Crippen LogP contribution in [0.1, 0.15) is 43.1 Å². The molecule has 0 spiro atoms. The van der Waals surface area contributed by atoms with Crippen LogP contribution in [-0.2, 0) is 0 Å². The van der Waals surface area contributed by atoms with Crippen molar-refractivity contribution >= 4 is 5.78 Å². The summed E-state index contributed by atoms with van der Waals surface area (Å²) in [5.41, 5.74) is 1.23. The largest absolute Gasteiger partial charge is 0.312 e. The molecule has 0 aromatic heterocycles. The summed E-state index contributed by atoms with van der Waals surface area (Å²) in [4.78, 5) is 11.8.